The van der Waals surface area contributed by atoms with Crippen LogP contribution in [0, 0.1) is 12.8 Å². The normalized spacial score (nSPS) is 19.2. The second-order valence-electron chi connectivity index (χ2n) is 5.24. The van der Waals surface area contributed by atoms with Crippen molar-refractivity contribution in [2.45, 2.75) is 26.2 Å². The molecule has 1 fully saturated rings. The van der Waals surface area contributed by atoms with Gasteiger partial charge in [0.15, 0.2) is 0 Å². The van der Waals surface area contributed by atoms with Crippen molar-refractivity contribution in [3.8, 4) is 0 Å². The van der Waals surface area contributed by atoms with Crippen LogP contribution < -0.4 is 10.6 Å². The van der Waals surface area contributed by atoms with Crippen LogP contribution in [-0.2, 0) is 0 Å². The van der Waals surface area contributed by atoms with E-state index in [1.165, 1.54) is 12.8 Å². The van der Waals surface area contributed by atoms with Gasteiger partial charge in [-0.2, -0.15) is 0 Å². The molecule has 104 valence electrons. The number of aryl methyl sites for hydroxylation is 1. The van der Waals surface area contributed by atoms with Gasteiger partial charge in [0, 0.05) is 11.0 Å². The Morgan fingerprint density at radius 3 is 3.11 bits per heavy atom. The quantitative estimate of drug-likeness (QED) is 0.894. The minimum atomic E-state index is 0.0133. The molecule has 1 aromatic rings. The Morgan fingerprint density at radius 1 is 1.53 bits per heavy atom. The molecule has 1 saturated heterocycles. The van der Waals surface area contributed by atoms with Crippen LogP contribution >= 0.6 is 15.9 Å². The third-order valence-corrected chi connectivity index (χ3v) is 4.30. The lowest BCUT2D eigenvalue weighted by molar-refractivity contribution is 0.0950. The third kappa shape index (κ3) is 4.32. The standard InChI is InChI=1S/C15H21BrN2O/c1-11-4-5-14(16)13(9-11)15(19)18-8-6-12-3-2-7-17-10-12/h4-5,9,12,17H,2-3,6-8,10H2,1H3,(H,18,19). The molecule has 0 aliphatic carbocycles. The van der Waals surface area contributed by atoms with Crippen molar-refractivity contribution in [3.63, 3.8) is 0 Å². The molecule has 1 amide bonds. The first kappa shape index (κ1) is 14.5. The third-order valence-electron chi connectivity index (χ3n) is 3.60. The van der Waals surface area contributed by atoms with Gasteiger partial charge in [0.05, 0.1) is 5.56 Å². The lowest BCUT2D eigenvalue weighted by Gasteiger charge is -2.22. The van der Waals surface area contributed by atoms with Crippen molar-refractivity contribution in [1.29, 1.82) is 0 Å². The van der Waals surface area contributed by atoms with E-state index in [1.807, 2.05) is 25.1 Å². The highest BCUT2D eigenvalue weighted by atomic mass is 79.9. The van der Waals surface area contributed by atoms with Crippen LogP contribution in [0.3, 0.4) is 0 Å². The van der Waals surface area contributed by atoms with E-state index < -0.39 is 0 Å². The Bertz CT molecular complexity index is 442. The summed E-state index contributed by atoms with van der Waals surface area (Å²) in [6.45, 7) is 4.98. The van der Waals surface area contributed by atoms with Gasteiger partial charge in [-0.25, -0.2) is 0 Å². The molecular weight excluding hydrogens is 304 g/mol. The van der Waals surface area contributed by atoms with Gasteiger partial charge in [-0.3, -0.25) is 4.79 Å². The molecule has 0 saturated carbocycles. The van der Waals surface area contributed by atoms with Crippen molar-refractivity contribution in [3.05, 3.63) is 33.8 Å². The second-order valence-corrected chi connectivity index (χ2v) is 6.09. The molecule has 0 radical (unpaired) electrons. The van der Waals surface area contributed by atoms with Gasteiger partial charge >= 0.3 is 0 Å². The van der Waals surface area contributed by atoms with E-state index in [1.54, 1.807) is 0 Å². The second kappa shape index (κ2) is 7.06. The van der Waals surface area contributed by atoms with Gasteiger partial charge in [0.25, 0.3) is 5.91 Å². The largest absolute Gasteiger partial charge is 0.352 e. The minimum absolute atomic E-state index is 0.0133. The Labute approximate surface area is 123 Å². The van der Waals surface area contributed by atoms with Crippen molar-refractivity contribution in [1.82, 2.24) is 10.6 Å². The van der Waals surface area contributed by atoms with E-state index in [2.05, 4.69) is 26.6 Å². The maximum Gasteiger partial charge on any atom is 0.252 e. The summed E-state index contributed by atoms with van der Waals surface area (Å²) in [5.41, 5.74) is 1.83. The summed E-state index contributed by atoms with van der Waals surface area (Å²) in [7, 11) is 0. The fourth-order valence-electron chi connectivity index (χ4n) is 2.47. The first-order valence-electron chi connectivity index (χ1n) is 6.92. The van der Waals surface area contributed by atoms with Crippen molar-refractivity contribution < 1.29 is 4.79 Å². The Balaban J connectivity index is 1.82. The summed E-state index contributed by atoms with van der Waals surface area (Å²) in [4.78, 5) is 12.1. The van der Waals surface area contributed by atoms with E-state index in [0.29, 0.717) is 5.92 Å². The molecule has 1 atom stereocenters. The number of carbonyl (C=O) groups excluding carboxylic acids is 1. The zero-order valence-electron chi connectivity index (χ0n) is 11.3. The SMILES string of the molecule is Cc1ccc(Br)c(C(=O)NCCC2CCCNC2)c1. The molecule has 3 nitrogen and oxygen atoms in total. The van der Waals surface area contributed by atoms with Crippen molar-refractivity contribution in [2.75, 3.05) is 19.6 Å². The number of halogens is 1. The summed E-state index contributed by atoms with van der Waals surface area (Å²) in [6.07, 6.45) is 3.58. The van der Waals surface area contributed by atoms with Crippen LogP contribution in [0.15, 0.2) is 22.7 Å². The topological polar surface area (TPSA) is 41.1 Å². The highest BCUT2D eigenvalue weighted by molar-refractivity contribution is 9.10. The lowest BCUT2D eigenvalue weighted by Crippen LogP contribution is -2.33. The molecule has 1 heterocycles. The number of nitrogens with one attached hydrogen (secondary N) is 2. The smallest absolute Gasteiger partial charge is 0.252 e. The zero-order valence-corrected chi connectivity index (χ0v) is 12.9. The molecule has 4 heteroatoms. The molecule has 1 aromatic carbocycles. The highest BCUT2D eigenvalue weighted by Gasteiger charge is 2.14. The van der Waals surface area contributed by atoms with Crippen LogP contribution in [0.1, 0.15) is 35.2 Å². The van der Waals surface area contributed by atoms with Crippen LogP contribution in [-0.4, -0.2) is 25.5 Å². The Kier molecular flexibility index (Phi) is 5.40. The van der Waals surface area contributed by atoms with Gasteiger partial charge in [-0.15, -0.1) is 0 Å². The predicted octanol–water partition coefficient (Wildman–Crippen LogP) is 2.88. The lowest BCUT2D eigenvalue weighted by atomic mass is 9.96. The minimum Gasteiger partial charge on any atom is -0.352 e. The molecule has 1 unspecified atom stereocenters. The molecule has 0 spiro atoms. The van der Waals surface area contributed by atoms with E-state index in [9.17, 15) is 4.79 Å². The summed E-state index contributed by atoms with van der Waals surface area (Å²) >= 11 is 3.43. The predicted molar refractivity (Wildman–Crippen MR) is 81.4 cm³/mol. The molecule has 19 heavy (non-hydrogen) atoms. The molecule has 0 aromatic heterocycles. The summed E-state index contributed by atoms with van der Waals surface area (Å²) in [5, 5.41) is 6.42. The molecule has 2 rings (SSSR count). The average Bonchev–Trinajstić information content (AvgIpc) is 2.42. The van der Waals surface area contributed by atoms with Crippen LogP contribution in [0.25, 0.3) is 0 Å². The van der Waals surface area contributed by atoms with E-state index >= 15 is 0 Å². The number of benzene rings is 1. The van der Waals surface area contributed by atoms with Crippen molar-refractivity contribution in [2.24, 2.45) is 5.92 Å². The van der Waals surface area contributed by atoms with E-state index in [4.69, 9.17) is 0 Å². The monoisotopic (exact) mass is 324 g/mol. The number of amides is 1. The maximum absolute atomic E-state index is 12.1. The first-order chi connectivity index (χ1) is 9.16. The number of hydrogen-bond donors (Lipinski definition) is 2. The summed E-state index contributed by atoms with van der Waals surface area (Å²) in [6, 6.07) is 5.84. The number of rotatable bonds is 4. The van der Waals surface area contributed by atoms with Gasteiger partial charge in [-0.1, -0.05) is 11.6 Å². The number of hydrogen-bond acceptors (Lipinski definition) is 2. The van der Waals surface area contributed by atoms with Crippen LogP contribution in [0.2, 0.25) is 0 Å². The molecule has 2 N–H and O–H groups in total. The van der Waals surface area contributed by atoms with E-state index in [-0.39, 0.29) is 5.91 Å². The summed E-state index contributed by atoms with van der Waals surface area (Å²) < 4.78 is 0.856. The zero-order chi connectivity index (χ0) is 13.7. The number of carbonyl (C=O) groups is 1. The molecule has 1 aliphatic rings. The van der Waals surface area contributed by atoms with Gasteiger partial charge in [0.2, 0.25) is 0 Å². The van der Waals surface area contributed by atoms with Crippen molar-refractivity contribution >= 4 is 21.8 Å². The van der Waals surface area contributed by atoms with Crippen LogP contribution in [0.5, 0.6) is 0 Å². The van der Waals surface area contributed by atoms with Gasteiger partial charge in [0.1, 0.15) is 0 Å². The van der Waals surface area contributed by atoms with Gasteiger partial charge < -0.3 is 10.6 Å². The fraction of sp³-hybridized carbons (Fsp3) is 0.533. The molecule has 0 bridgehead atoms. The van der Waals surface area contributed by atoms with Crippen LogP contribution in [0.4, 0.5) is 0 Å². The highest BCUT2D eigenvalue weighted by Crippen LogP contribution is 2.18. The van der Waals surface area contributed by atoms with Gasteiger partial charge in [-0.05, 0) is 73.3 Å². The molecule has 1 aliphatic heterocycles. The maximum atomic E-state index is 12.1. The van der Waals surface area contributed by atoms with E-state index in [0.717, 1.165) is 41.7 Å². The summed E-state index contributed by atoms with van der Waals surface area (Å²) in [5.74, 6) is 0.717. The first-order valence-corrected chi connectivity index (χ1v) is 7.71. The fourth-order valence-corrected chi connectivity index (χ4v) is 2.90. The average molecular weight is 325 g/mol. The molecular formula is C15H21BrN2O. The number of piperidine rings is 1. The Morgan fingerprint density at radius 2 is 2.37 bits per heavy atom. The Hall–Kier alpha value is -0.870.